The van der Waals surface area contributed by atoms with Gasteiger partial charge in [0.15, 0.2) is 0 Å². The third-order valence-corrected chi connectivity index (χ3v) is 1.40. The van der Waals surface area contributed by atoms with Crippen LogP contribution < -0.4 is 5.73 Å². The molecule has 10 heavy (non-hydrogen) atoms. The lowest BCUT2D eigenvalue weighted by molar-refractivity contribution is 1.42. The van der Waals surface area contributed by atoms with Crippen LogP contribution in [0.1, 0.15) is 5.56 Å². The second-order valence-electron chi connectivity index (χ2n) is 2.10. The number of nitroso groups, excluding NO2 is 1. The lowest BCUT2D eigenvalue weighted by Gasteiger charge is -1.98. The maximum atomic E-state index is 10.0. The summed E-state index contributed by atoms with van der Waals surface area (Å²) in [6.07, 6.45) is 0. The van der Waals surface area contributed by atoms with E-state index >= 15 is 0 Å². The molecule has 0 saturated carbocycles. The lowest BCUT2D eigenvalue weighted by atomic mass is 10.2. The van der Waals surface area contributed by atoms with E-state index in [1.54, 1.807) is 12.1 Å². The fourth-order valence-corrected chi connectivity index (χ4v) is 0.745. The van der Waals surface area contributed by atoms with Crippen molar-refractivity contribution in [2.24, 2.45) is 5.18 Å². The van der Waals surface area contributed by atoms with E-state index in [1.165, 1.54) is 0 Å². The minimum atomic E-state index is 0.319. The summed E-state index contributed by atoms with van der Waals surface area (Å²) in [5, 5.41) is 2.76. The highest BCUT2D eigenvalue weighted by molar-refractivity contribution is 5.65. The maximum absolute atomic E-state index is 10.0. The summed E-state index contributed by atoms with van der Waals surface area (Å²) in [6.45, 7) is 1.84. The van der Waals surface area contributed by atoms with Crippen LogP contribution in [0.15, 0.2) is 23.4 Å². The van der Waals surface area contributed by atoms with Gasteiger partial charge < -0.3 is 5.73 Å². The molecule has 3 nitrogen and oxygen atoms in total. The van der Waals surface area contributed by atoms with E-state index in [2.05, 4.69) is 5.18 Å². The van der Waals surface area contributed by atoms with Crippen LogP contribution in [0.4, 0.5) is 11.4 Å². The van der Waals surface area contributed by atoms with Crippen LogP contribution in [0.2, 0.25) is 0 Å². The van der Waals surface area contributed by atoms with E-state index in [9.17, 15) is 4.91 Å². The molecular formula is C7H8N2O. The van der Waals surface area contributed by atoms with Crippen LogP contribution in [0.5, 0.6) is 0 Å². The first kappa shape index (κ1) is 6.74. The zero-order chi connectivity index (χ0) is 7.56. The number of hydrogen-bond acceptors (Lipinski definition) is 3. The van der Waals surface area contributed by atoms with Gasteiger partial charge in [0, 0.05) is 0 Å². The standard InChI is InChI=1S/C7H8N2O/c1-5-3-2-4-6(9-10)7(5)8/h2-4H,8H2,1H3. The quantitative estimate of drug-likeness (QED) is 0.474. The maximum Gasteiger partial charge on any atom is 0.131 e. The Bertz CT molecular complexity index is 258. The summed E-state index contributed by atoms with van der Waals surface area (Å²) in [7, 11) is 0. The van der Waals surface area contributed by atoms with Gasteiger partial charge in [-0.15, -0.1) is 4.91 Å². The summed E-state index contributed by atoms with van der Waals surface area (Å²) in [5.74, 6) is 0. The molecule has 1 aromatic rings. The van der Waals surface area contributed by atoms with E-state index in [0.717, 1.165) is 5.56 Å². The van der Waals surface area contributed by atoms with Crippen molar-refractivity contribution in [2.75, 3.05) is 5.73 Å². The minimum Gasteiger partial charge on any atom is -0.397 e. The van der Waals surface area contributed by atoms with Gasteiger partial charge in [0.1, 0.15) is 5.69 Å². The Balaban J connectivity index is 3.27. The van der Waals surface area contributed by atoms with E-state index in [4.69, 9.17) is 5.73 Å². The van der Waals surface area contributed by atoms with E-state index in [0.29, 0.717) is 11.4 Å². The summed E-state index contributed by atoms with van der Waals surface area (Å²) in [5.41, 5.74) is 7.17. The number of nitrogen functional groups attached to an aromatic ring is 1. The second kappa shape index (κ2) is 2.47. The van der Waals surface area contributed by atoms with Crippen molar-refractivity contribution in [1.29, 1.82) is 0 Å². The average molecular weight is 136 g/mol. The van der Waals surface area contributed by atoms with Crippen LogP contribution in [-0.2, 0) is 0 Å². The van der Waals surface area contributed by atoms with Gasteiger partial charge in [0.05, 0.1) is 5.69 Å². The van der Waals surface area contributed by atoms with Crippen molar-refractivity contribution in [1.82, 2.24) is 0 Å². The number of aryl methyl sites for hydroxylation is 1. The molecule has 1 aromatic carbocycles. The Morgan fingerprint density at radius 3 is 2.70 bits per heavy atom. The van der Waals surface area contributed by atoms with E-state index < -0.39 is 0 Å². The van der Waals surface area contributed by atoms with Crippen LogP contribution in [0.25, 0.3) is 0 Å². The van der Waals surface area contributed by atoms with Gasteiger partial charge in [-0.05, 0) is 23.7 Å². The monoisotopic (exact) mass is 136 g/mol. The van der Waals surface area contributed by atoms with Gasteiger partial charge in [-0.2, -0.15) is 0 Å². The number of hydrogen-bond donors (Lipinski definition) is 1. The van der Waals surface area contributed by atoms with Crippen molar-refractivity contribution >= 4 is 11.4 Å². The molecule has 3 heteroatoms. The van der Waals surface area contributed by atoms with Gasteiger partial charge in [-0.1, -0.05) is 12.1 Å². The molecule has 0 atom stereocenters. The Hall–Kier alpha value is -1.38. The highest BCUT2D eigenvalue weighted by Gasteiger charge is 1.98. The molecular weight excluding hydrogens is 128 g/mol. The minimum absolute atomic E-state index is 0.319. The molecule has 0 saturated heterocycles. The first-order chi connectivity index (χ1) is 4.75. The third kappa shape index (κ3) is 0.978. The fraction of sp³-hybridized carbons (Fsp3) is 0.143. The lowest BCUT2D eigenvalue weighted by Crippen LogP contribution is -1.88. The van der Waals surface area contributed by atoms with Crippen LogP contribution in [-0.4, -0.2) is 0 Å². The Morgan fingerprint density at radius 2 is 2.20 bits per heavy atom. The Kier molecular flexibility index (Phi) is 1.67. The third-order valence-electron chi connectivity index (χ3n) is 1.40. The first-order valence-corrected chi connectivity index (χ1v) is 2.94. The second-order valence-corrected chi connectivity index (χ2v) is 2.10. The van der Waals surface area contributed by atoms with Gasteiger partial charge >= 0.3 is 0 Å². The molecule has 2 N–H and O–H groups in total. The fourth-order valence-electron chi connectivity index (χ4n) is 0.745. The van der Waals surface area contributed by atoms with Crippen molar-refractivity contribution < 1.29 is 0 Å². The van der Waals surface area contributed by atoms with Crippen molar-refractivity contribution in [3.63, 3.8) is 0 Å². The SMILES string of the molecule is Cc1cccc(N=O)c1N. The summed E-state index contributed by atoms with van der Waals surface area (Å²) in [4.78, 5) is 10.0. The van der Waals surface area contributed by atoms with E-state index in [1.807, 2.05) is 13.0 Å². The number of para-hydroxylation sites is 1. The van der Waals surface area contributed by atoms with Crippen molar-refractivity contribution in [3.05, 3.63) is 28.7 Å². The molecule has 0 aliphatic carbocycles. The Morgan fingerprint density at radius 1 is 1.50 bits per heavy atom. The number of rotatable bonds is 1. The summed E-state index contributed by atoms with van der Waals surface area (Å²) < 4.78 is 0. The van der Waals surface area contributed by atoms with Gasteiger partial charge in [-0.25, -0.2) is 0 Å². The van der Waals surface area contributed by atoms with Crippen LogP contribution in [0.3, 0.4) is 0 Å². The van der Waals surface area contributed by atoms with Crippen LogP contribution >= 0.6 is 0 Å². The molecule has 0 unspecified atom stereocenters. The largest absolute Gasteiger partial charge is 0.397 e. The van der Waals surface area contributed by atoms with Crippen molar-refractivity contribution in [3.8, 4) is 0 Å². The smallest absolute Gasteiger partial charge is 0.131 e. The highest BCUT2D eigenvalue weighted by atomic mass is 16.3. The predicted octanol–water partition coefficient (Wildman–Crippen LogP) is 1.98. The zero-order valence-corrected chi connectivity index (χ0v) is 5.66. The molecule has 0 aliphatic rings. The van der Waals surface area contributed by atoms with Gasteiger partial charge in [0.25, 0.3) is 0 Å². The topological polar surface area (TPSA) is 55.5 Å². The molecule has 1 rings (SSSR count). The molecule has 0 radical (unpaired) electrons. The van der Waals surface area contributed by atoms with E-state index in [-0.39, 0.29) is 0 Å². The summed E-state index contributed by atoms with van der Waals surface area (Å²) >= 11 is 0. The van der Waals surface area contributed by atoms with Gasteiger partial charge in [-0.3, -0.25) is 0 Å². The number of nitrogens with two attached hydrogens (primary N) is 1. The highest BCUT2D eigenvalue weighted by Crippen LogP contribution is 2.23. The Labute approximate surface area is 58.8 Å². The molecule has 0 aromatic heterocycles. The number of nitrogens with zero attached hydrogens (tertiary/aromatic N) is 1. The molecule has 0 fully saturated rings. The average Bonchev–Trinajstić information content (AvgIpc) is 1.95. The van der Waals surface area contributed by atoms with Crippen LogP contribution in [0, 0.1) is 11.8 Å². The number of benzene rings is 1. The normalized spacial score (nSPS) is 9.30. The molecule has 0 heterocycles. The zero-order valence-electron chi connectivity index (χ0n) is 5.66. The molecule has 0 spiro atoms. The molecule has 52 valence electrons. The molecule has 0 amide bonds. The predicted molar refractivity (Wildman–Crippen MR) is 41.0 cm³/mol. The first-order valence-electron chi connectivity index (χ1n) is 2.94. The van der Waals surface area contributed by atoms with Gasteiger partial charge in [0.2, 0.25) is 0 Å². The molecule has 0 bridgehead atoms. The number of anilines is 1. The molecule has 0 aliphatic heterocycles. The summed E-state index contributed by atoms with van der Waals surface area (Å²) in [6, 6.07) is 5.18. The van der Waals surface area contributed by atoms with Crippen molar-refractivity contribution in [2.45, 2.75) is 6.92 Å².